The minimum Gasteiger partial charge on any atom is -0.387 e. The second kappa shape index (κ2) is 5.99. The van der Waals surface area contributed by atoms with E-state index in [1.165, 1.54) is 11.3 Å². The maximum Gasteiger partial charge on any atom is 0.261 e. The van der Waals surface area contributed by atoms with Crippen LogP contribution in [0.3, 0.4) is 0 Å². The van der Waals surface area contributed by atoms with Gasteiger partial charge >= 0.3 is 0 Å². The van der Waals surface area contributed by atoms with E-state index < -0.39 is 6.10 Å². The van der Waals surface area contributed by atoms with E-state index >= 15 is 0 Å². The Morgan fingerprint density at radius 1 is 1.37 bits per heavy atom. The van der Waals surface area contributed by atoms with Gasteiger partial charge in [-0.3, -0.25) is 4.79 Å². The van der Waals surface area contributed by atoms with Gasteiger partial charge in [0.2, 0.25) is 0 Å². The third-order valence-electron chi connectivity index (χ3n) is 2.99. The Bertz CT molecular complexity index is 564. The van der Waals surface area contributed by atoms with Crippen LogP contribution in [0, 0.1) is 13.8 Å². The fraction of sp³-hybridized carbons (Fsp3) is 0.267. The van der Waals surface area contributed by atoms with Gasteiger partial charge in [0.15, 0.2) is 0 Å². The summed E-state index contributed by atoms with van der Waals surface area (Å²) >= 11 is 1.39. The van der Waals surface area contributed by atoms with Gasteiger partial charge in [-0.2, -0.15) is 0 Å². The van der Waals surface area contributed by atoms with Gasteiger partial charge in [-0.25, -0.2) is 0 Å². The monoisotopic (exact) mass is 275 g/mol. The molecule has 0 radical (unpaired) electrons. The summed E-state index contributed by atoms with van der Waals surface area (Å²) < 4.78 is 0. The summed E-state index contributed by atoms with van der Waals surface area (Å²) in [4.78, 5) is 12.4. The molecule has 2 rings (SSSR count). The summed E-state index contributed by atoms with van der Waals surface area (Å²) in [6, 6.07) is 9.50. The summed E-state index contributed by atoms with van der Waals surface area (Å²) in [5.74, 6) is -0.140. The van der Waals surface area contributed by atoms with Crippen molar-refractivity contribution in [1.29, 1.82) is 0 Å². The Hall–Kier alpha value is -1.65. The number of carbonyl (C=O) groups is 1. The van der Waals surface area contributed by atoms with Gasteiger partial charge < -0.3 is 10.4 Å². The molecule has 3 nitrogen and oxygen atoms in total. The molecule has 1 aromatic carbocycles. The number of hydrogen-bond donors (Lipinski definition) is 2. The Labute approximate surface area is 116 Å². The van der Waals surface area contributed by atoms with Crippen molar-refractivity contribution in [2.24, 2.45) is 0 Å². The van der Waals surface area contributed by atoms with E-state index in [4.69, 9.17) is 0 Å². The average Bonchev–Trinajstić information content (AvgIpc) is 2.89. The fourth-order valence-electron chi connectivity index (χ4n) is 1.99. The van der Waals surface area contributed by atoms with Crippen molar-refractivity contribution < 1.29 is 9.90 Å². The molecule has 100 valence electrons. The molecule has 0 aliphatic carbocycles. The van der Waals surface area contributed by atoms with Gasteiger partial charge in [-0.05, 0) is 36.4 Å². The molecule has 19 heavy (non-hydrogen) atoms. The van der Waals surface area contributed by atoms with Crippen LogP contribution in [0.2, 0.25) is 0 Å². The molecule has 0 aliphatic rings. The number of thiophene rings is 1. The maximum atomic E-state index is 11.8. The SMILES string of the molecule is Cc1ccc(C(O)CNC(=O)c2cccs2)c(C)c1. The van der Waals surface area contributed by atoms with Gasteiger partial charge in [-0.1, -0.05) is 29.8 Å². The number of hydrogen-bond acceptors (Lipinski definition) is 3. The van der Waals surface area contributed by atoms with Crippen molar-refractivity contribution in [3.05, 3.63) is 57.3 Å². The molecule has 0 saturated carbocycles. The summed E-state index contributed by atoms with van der Waals surface area (Å²) in [7, 11) is 0. The third kappa shape index (κ3) is 3.43. The smallest absolute Gasteiger partial charge is 0.261 e. The van der Waals surface area contributed by atoms with E-state index in [-0.39, 0.29) is 12.5 Å². The van der Waals surface area contributed by atoms with E-state index in [0.29, 0.717) is 4.88 Å². The van der Waals surface area contributed by atoms with Crippen LogP contribution in [0.15, 0.2) is 35.7 Å². The first-order valence-electron chi connectivity index (χ1n) is 6.15. The number of aryl methyl sites for hydroxylation is 2. The second-order valence-corrected chi connectivity index (χ2v) is 5.51. The largest absolute Gasteiger partial charge is 0.387 e. The van der Waals surface area contributed by atoms with Crippen LogP contribution in [-0.2, 0) is 0 Å². The normalized spacial score (nSPS) is 12.2. The number of benzene rings is 1. The lowest BCUT2D eigenvalue weighted by molar-refractivity contribution is 0.0920. The molecule has 4 heteroatoms. The topological polar surface area (TPSA) is 49.3 Å². The van der Waals surface area contributed by atoms with E-state index in [2.05, 4.69) is 5.32 Å². The van der Waals surface area contributed by atoms with Crippen LogP contribution in [-0.4, -0.2) is 17.6 Å². The summed E-state index contributed by atoms with van der Waals surface area (Å²) in [6.07, 6.45) is -0.676. The summed E-state index contributed by atoms with van der Waals surface area (Å²) in [6.45, 7) is 4.20. The lowest BCUT2D eigenvalue weighted by Crippen LogP contribution is -2.28. The number of rotatable bonds is 4. The Kier molecular flexibility index (Phi) is 4.35. The Balaban J connectivity index is 1.98. The van der Waals surface area contributed by atoms with Crippen LogP contribution in [0.25, 0.3) is 0 Å². The molecular weight excluding hydrogens is 258 g/mol. The third-order valence-corrected chi connectivity index (χ3v) is 3.85. The zero-order valence-electron chi connectivity index (χ0n) is 11.0. The van der Waals surface area contributed by atoms with Gasteiger partial charge in [0.25, 0.3) is 5.91 Å². The molecule has 0 spiro atoms. The van der Waals surface area contributed by atoms with E-state index in [1.807, 2.05) is 43.5 Å². The molecule has 0 bridgehead atoms. The van der Waals surface area contributed by atoms with Gasteiger partial charge in [0, 0.05) is 6.54 Å². The lowest BCUT2D eigenvalue weighted by Gasteiger charge is -2.14. The highest BCUT2D eigenvalue weighted by atomic mass is 32.1. The predicted molar refractivity (Wildman–Crippen MR) is 77.5 cm³/mol. The van der Waals surface area contributed by atoms with Crippen molar-refractivity contribution in [2.75, 3.05) is 6.54 Å². The zero-order valence-corrected chi connectivity index (χ0v) is 11.8. The Morgan fingerprint density at radius 3 is 2.79 bits per heavy atom. The van der Waals surface area contributed by atoms with Gasteiger partial charge in [-0.15, -0.1) is 11.3 Å². The minimum atomic E-state index is -0.676. The van der Waals surface area contributed by atoms with E-state index in [9.17, 15) is 9.90 Å². The number of carbonyl (C=O) groups excluding carboxylic acids is 1. The van der Waals surface area contributed by atoms with Crippen LogP contribution >= 0.6 is 11.3 Å². The quantitative estimate of drug-likeness (QED) is 0.901. The number of aliphatic hydroxyl groups is 1. The first-order chi connectivity index (χ1) is 9.08. The molecule has 2 aromatic rings. The molecular formula is C15H17NO2S. The van der Waals surface area contributed by atoms with Crippen molar-refractivity contribution >= 4 is 17.2 Å². The summed E-state index contributed by atoms with van der Waals surface area (Å²) in [5, 5.41) is 14.7. The minimum absolute atomic E-state index is 0.140. The molecule has 0 fully saturated rings. The first kappa shape index (κ1) is 13.8. The standard InChI is InChI=1S/C15H17NO2S/c1-10-5-6-12(11(2)8-10)13(17)9-16-15(18)14-4-3-7-19-14/h3-8,13,17H,9H2,1-2H3,(H,16,18). The van der Waals surface area contributed by atoms with Crippen LogP contribution in [0.4, 0.5) is 0 Å². The molecule has 1 aromatic heterocycles. The highest BCUT2D eigenvalue weighted by Crippen LogP contribution is 2.18. The number of aliphatic hydroxyl groups excluding tert-OH is 1. The highest BCUT2D eigenvalue weighted by Gasteiger charge is 2.13. The molecule has 1 unspecified atom stereocenters. The molecule has 0 saturated heterocycles. The molecule has 1 heterocycles. The molecule has 1 amide bonds. The predicted octanol–water partition coefficient (Wildman–Crippen LogP) is 2.83. The highest BCUT2D eigenvalue weighted by molar-refractivity contribution is 7.12. The van der Waals surface area contributed by atoms with Gasteiger partial charge in [0.05, 0.1) is 11.0 Å². The lowest BCUT2D eigenvalue weighted by atomic mass is 10.0. The van der Waals surface area contributed by atoms with E-state index in [1.54, 1.807) is 6.07 Å². The second-order valence-electron chi connectivity index (χ2n) is 4.56. The Morgan fingerprint density at radius 2 is 2.16 bits per heavy atom. The molecule has 1 atom stereocenters. The van der Waals surface area contributed by atoms with Crippen molar-refractivity contribution in [3.8, 4) is 0 Å². The van der Waals surface area contributed by atoms with Crippen molar-refractivity contribution in [3.63, 3.8) is 0 Å². The first-order valence-corrected chi connectivity index (χ1v) is 7.03. The van der Waals surface area contributed by atoms with Crippen LogP contribution < -0.4 is 5.32 Å². The maximum absolute atomic E-state index is 11.8. The molecule has 0 aliphatic heterocycles. The fourth-order valence-corrected chi connectivity index (χ4v) is 2.63. The average molecular weight is 275 g/mol. The van der Waals surface area contributed by atoms with Gasteiger partial charge in [0.1, 0.15) is 0 Å². The zero-order chi connectivity index (χ0) is 13.8. The van der Waals surface area contributed by atoms with Crippen molar-refractivity contribution in [1.82, 2.24) is 5.32 Å². The van der Waals surface area contributed by atoms with Crippen LogP contribution in [0.1, 0.15) is 32.5 Å². The number of nitrogens with one attached hydrogen (secondary N) is 1. The number of amides is 1. The summed E-state index contributed by atoms with van der Waals surface area (Å²) in [5.41, 5.74) is 3.06. The van der Waals surface area contributed by atoms with Crippen molar-refractivity contribution in [2.45, 2.75) is 20.0 Å². The van der Waals surface area contributed by atoms with Crippen LogP contribution in [0.5, 0.6) is 0 Å². The van der Waals surface area contributed by atoms with E-state index in [0.717, 1.165) is 16.7 Å². The molecule has 2 N–H and O–H groups in total.